The summed E-state index contributed by atoms with van der Waals surface area (Å²) in [5, 5.41) is 4.57. The van der Waals surface area contributed by atoms with Gasteiger partial charge in [0.25, 0.3) is 0 Å². The third-order valence-electron chi connectivity index (χ3n) is 3.46. The van der Waals surface area contributed by atoms with Crippen LogP contribution in [0.4, 0.5) is 5.82 Å². The van der Waals surface area contributed by atoms with Gasteiger partial charge in [0.15, 0.2) is 0 Å². The van der Waals surface area contributed by atoms with Crippen molar-refractivity contribution in [3.8, 4) is 11.3 Å². The van der Waals surface area contributed by atoms with Crippen LogP contribution in [0.3, 0.4) is 0 Å². The molecule has 100 valence electrons. The fraction of sp³-hybridized carbons (Fsp3) is 0.118. The first kappa shape index (κ1) is 12.5. The number of nitrogens with two attached hydrogens (primary N) is 1. The summed E-state index contributed by atoms with van der Waals surface area (Å²) in [6.45, 7) is 0. The molecule has 0 aliphatic heterocycles. The normalized spacial score (nSPS) is 10.7. The summed E-state index contributed by atoms with van der Waals surface area (Å²) in [6, 6.07) is 20.5. The highest BCUT2D eigenvalue weighted by Gasteiger charge is 2.15. The number of benzene rings is 2. The number of rotatable bonds is 3. The summed E-state index contributed by atoms with van der Waals surface area (Å²) >= 11 is 0. The first-order valence-corrected chi connectivity index (χ1v) is 6.66. The zero-order valence-corrected chi connectivity index (χ0v) is 11.5. The average molecular weight is 263 g/mol. The maximum atomic E-state index is 6.19. The first-order chi connectivity index (χ1) is 9.75. The predicted octanol–water partition coefficient (Wildman–Crippen LogP) is 3.26. The number of hydrogen-bond acceptors (Lipinski definition) is 2. The van der Waals surface area contributed by atoms with Gasteiger partial charge in [-0.25, -0.2) is 0 Å². The van der Waals surface area contributed by atoms with Crippen LogP contribution in [-0.2, 0) is 13.5 Å². The monoisotopic (exact) mass is 263 g/mol. The molecule has 0 saturated heterocycles. The third-order valence-corrected chi connectivity index (χ3v) is 3.46. The minimum absolute atomic E-state index is 0.729. The van der Waals surface area contributed by atoms with Gasteiger partial charge in [0.05, 0.1) is 5.69 Å². The van der Waals surface area contributed by atoms with Gasteiger partial charge in [0.2, 0.25) is 0 Å². The van der Waals surface area contributed by atoms with E-state index in [2.05, 4.69) is 29.4 Å². The Balaban J connectivity index is 2.06. The van der Waals surface area contributed by atoms with Crippen LogP contribution in [-0.4, -0.2) is 9.78 Å². The van der Waals surface area contributed by atoms with E-state index in [0.717, 1.165) is 29.1 Å². The SMILES string of the molecule is Cn1nc(-c2ccccc2)c(Cc2ccccc2)c1N. The molecule has 3 heteroatoms. The van der Waals surface area contributed by atoms with Crippen molar-refractivity contribution < 1.29 is 0 Å². The largest absolute Gasteiger partial charge is 0.384 e. The van der Waals surface area contributed by atoms with Crippen LogP contribution in [0.5, 0.6) is 0 Å². The number of nitrogens with zero attached hydrogens (tertiary/aromatic N) is 2. The highest BCUT2D eigenvalue weighted by molar-refractivity contribution is 5.69. The fourth-order valence-electron chi connectivity index (χ4n) is 2.38. The van der Waals surface area contributed by atoms with Crippen molar-refractivity contribution >= 4 is 5.82 Å². The Bertz CT molecular complexity index is 700. The van der Waals surface area contributed by atoms with Gasteiger partial charge >= 0.3 is 0 Å². The lowest BCUT2D eigenvalue weighted by Gasteiger charge is -2.04. The van der Waals surface area contributed by atoms with Crippen LogP contribution < -0.4 is 5.73 Å². The summed E-state index contributed by atoms with van der Waals surface area (Å²) in [4.78, 5) is 0. The summed E-state index contributed by atoms with van der Waals surface area (Å²) in [7, 11) is 1.89. The zero-order valence-electron chi connectivity index (χ0n) is 11.5. The second-order valence-corrected chi connectivity index (χ2v) is 4.86. The molecule has 3 aromatic rings. The van der Waals surface area contributed by atoms with Gasteiger partial charge in [-0.1, -0.05) is 60.7 Å². The quantitative estimate of drug-likeness (QED) is 0.788. The molecule has 0 saturated carbocycles. The Labute approximate surface area is 118 Å². The lowest BCUT2D eigenvalue weighted by Crippen LogP contribution is -2.00. The Morgan fingerprint density at radius 3 is 2.20 bits per heavy atom. The standard InChI is InChI=1S/C17H17N3/c1-20-17(18)15(12-13-8-4-2-5-9-13)16(19-20)14-10-6-3-7-11-14/h2-11H,12,18H2,1H3. The second kappa shape index (κ2) is 5.21. The van der Waals surface area contributed by atoms with Crippen molar-refractivity contribution in [3.05, 3.63) is 71.8 Å². The second-order valence-electron chi connectivity index (χ2n) is 4.86. The molecular weight excluding hydrogens is 246 g/mol. The molecule has 3 rings (SSSR count). The van der Waals surface area contributed by atoms with Crippen molar-refractivity contribution in [2.45, 2.75) is 6.42 Å². The minimum atomic E-state index is 0.729. The minimum Gasteiger partial charge on any atom is -0.384 e. The molecule has 0 spiro atoms. The maximum Gasteiger partial charge on any atom is 0.125 e. The molecular formula is C17H17N3. The highest BCUT2D eigenvalue weighted by atomic mass is 15.3. The molecule has 1 aromatic heterocycles. The average Bonchev–Trinajstić information content (AvgIpc) is 2.78. The Kier molecular flexibility index (Phi) is 3.25. The lowest BCUT2D eigenvalue weighted by molar-refractivity contribution is 0.782. The lowest BCUT2D eigenvalue weighted by atomic mass is 10.0. The van der Waals surface area contributed by atoms with Gasteiger partial charge in [-0.05, 0) is 5.56 Å². The highest BCUT2D eigenvalue weighted by Crippen LogP contribution is 2.28. The summed E-state index contributed by atoms with van der Waals surface area (Å²) in [5.41, 5.74) is 10.6. The third kappa shape index (κ3) is 2.30. The van der Waals surface area contributed by atoms with Gasteiger partial charge in [-0.15, -0.1) is 0 Å². The van der Waals surface area contributed by atoms with E-state index in [1.54, 1.807) is 4.68 Å². The molecule has 0 aliphatic rings. The Morgan fingerprint density at radius 2 is 1.55 bits per heavy atom. The smallest absolute Gasteiger partial charge is 0.125 e. The van der Waals surface area contributed by atoms with E-state index in [4.69, 9.17) is 5.73 Å². The summed E-state index contributed by atoms with van der Waals surface area (Å²) in [5.74, 6) is 0.729. The van der Waals surface area contributed by atoms with Crippen molar-refractivity contribution in [1.82, 2.24) is 9.78 Å². The molecule has 20 heavy (non-hydrogen) atoms. The number of aryl methyl sites for hydroxylation is 1. The van der Waals surface area contributed by atoms with Gasteiger partial charge in [0.1, 0.15) is 5.82 Å². The van der Waals surface area contributed by atoms with Gasteiger partial charge in [-0.3, -0.25) is 4.68 Å². The van der Waals surface area contributed by atoms with E-state index in [-0.39, 0.29) is 0 Å². The van der Waals surface area contributed by atoms with E-state index in [9.17, 15) is 0 Å². The van der Waals surface area contributed by atoms with E-state index < -0.39 is 0 Å². The van der Waals surface area contributed by atoms with E-state index in [0.29, 0.717) is 0 Å². The number of nitrogen functional groups attached to an aromatic ring is 1. The van der Waals surface area contributed by atoms with Crippen LogP contribution in [0.15, 0.2) is 60.7 Å². The topological polar surface area (TPSA) is 43.8 Å². The number of hydrogen-bond donors (Lipinski definition) is 1. The molecule has 0 aliphatic carbocycles. The summed E-state index contributed by atoms with van der Waals surface area (Å²) in [6.07, 6.45) is 0.796. The van der Waals surface area contributed by atoms with Crippen LogP contribution >= 0.6 is 0 Å². The molecule has 0 radical (unpaired) electrons. The van der Waals surface area contributed by atoms with E-state index >= 15 is 0 Å². The first-order valence-electron chi connectivity index (χ1n) is 6.66. The molecule has 0 atom stereocenters. The van der Waals surface area contributed by atoms with E-state index in [1.807, 2.05) is 43.4 Å². The van der Waals surface area contributed by atoms with Crippen molar-refractivity contribution in [1.29, 1.82) is 0 Å². The molecule has 2 N–H and O–H groups in total. The van der Waals surface area contributed by atoms with Gasteiger partial charge < -0.3 is 5.73 Å². The molecule has 0 bridgehead atoms. The van der Waals surface area contributed by atoms with Crippen LogP contribution in [0.1, 0.15) is 11.1 Å². The summed E-state index contributed by atoms with van der Waals surface area (Å²) < 4.78 is 1.75. The van der Waals surface area contributed by atoms with Crippen molar-refractivity contribution in [2.75, 3.05) is 5.73 Å². The van der Waals surface area contributed by atoms with Gasteiger partial charge in [-0.2, -0.15) is 5.10 Å². The molecule has 1 heterocycles. The van der Waals surface area contributed by atoms with E-state index in [1.165, 1.54) is 5.56 Å². The molecule has 3 nitrogen and oxygen atoms in total. The number of anilines is 1. The molecule has 0 unspecified atom stereocenters. The molecule has 2 aromatic carbocycles. The maximum absolute atomic E-state index is 6.19. The van der Waals surface area contributed by atoms with Crippen LogP contribution in [0.25, 0.3) is 11.3 Å². The Hall–Kier alpha value is -2.55. The zero-order chi connectivity index (χ0) is 13.9. The number of aromatic nitrogens is 2. The predicted molar refractivity (Wildman–Crippen MR) is 82.3 cm³/mol. The fourth-order valence-corrected chi connectivity index (χ4v) is 2.38. The van der Waals surface area contributed by atoms with Crippen LogP contribution in [0.2, 0.25) is 0 Å². The molecule has 0 fully saturated rings. The van der Waals surface area contributed by atoms with Gasteiger partial charge in [0, 0.05) is 24.6 Å². The molecule has 0 amide bonds. The van der Waals surface area contributed by atoms with Crippen molar-refractivity contribution in [3.63, 3.8) is 0 Å². The van der Waals surface area contributed by atoms with Crippen molar-refractivity contribution in [2.24, 2.45) is 7.05 Å². The Morgan fingerprint density at radius 1 is 0.950 bits per heavy atom. The van der Waals surface area contributed by atoms with Crippen LogP contribution in [0, 0.1) is 0 Å².